The molecule has 0 unspecified atom stereocenters. The first kappa shape index (κ1) is 14.6. The van der Waals surface area contributed by atoms with Crippen molar-refractivity contribution in [2.45, 2.75) is 43.6 Å². The van der Waals surface area contributed by atoms with Crippen molar-refractivity contribution in [2.75, 3.05) is 26.4 Å². The van der Waals surface area contributed by atoms with Crippen LogP contribution < -0.4 is 0 Å². The maximum absolute atomic E-state index is 6.98. The minimum atomic E-state index is -5.04. The summed E-state index contributed by atoms with van der Waals surface area (Å²) in [6, 6.07) is 0. The van der Waals surface area contributed by atoms with Crippen LogP contribution in [-0.4, -0.2) is 60.6 Å². The van der Waals surface area contributed by atoms with Crippen molar-refractivity contribution in [1.29, 1.82) is 0 Å². The van der Waals surface area contributed by atoms with E-state index < -0.39 is 34.2 Å². The Hall–Kier alpha value is 1.30. The molecule has 0 saturated carbocycles. The molecule has 0 amide bonds. The van der Waals surface area contributed by atoms with Crippen LogP contribution in [-0.2, 0) is 20.4 Å². The van der Waals surface area contributed by atoms with Crippen LogP contribution in [0.3, 0.4) is 0 Å². The molecule has 5 heterocycles. The summed E-state index contributed by atoms with van der Waals surface area (Å²) in [5, 5.41) is 0. The Morgan fingerprint density at radius 2 is 0.810 bits per heavy atom. The molecule has 21 heavy (non-hydrogen) atoms. The van der Waals surface area contributed by atoms with Crippen molar-refractivity contribution in [1.82, 2.24) is 0 Å². The molecule has 0 aromatic heterocycles. The molecule has 7 nitrogen and oxygen atoms in total. The summed E-state index contributed by atoms with van der Waals surface area (Å²) in [6.07, 6.45) is 3.56. The summed E-state index contributed by atoms with van der Waals surface area (Å²) in [5.41, 5.74) is 0. The SMILES string of the molecule is C1CO[Te]23(C1)(CCCO2)OO[Te]12(CCCO1)(CCCO2)O3. The summed E-state index contributed by atoms with van der Waals surface area (Å²) < 4.78 is 47.2. The van der Waals surface area contributed by atoms with Gasteiger partial charge in [-0.2, -0.15) is 0 Å². The Bertz CT molecular complexity index is 435. The van der Waals surface area contributed by atoms with Crippen LogP contribution in [0.4, 0.5) is 0 Å². The minimum absolute atomic E-state index is 0.611. The fourth-order valence-electron chi connectivity index (χ4n) is 4.52. The Kier molecular flexibility index (Phi) is 2.42. The van der Waals surface area contributed by atoms with Gasteiger partial charge in [-0.25, -0.2) is 0 Å². The number of hydrogen-bond donors (Lipinski definition) is 0. The molecule has 126 valence electrons. The van der Waals surface area contributed by atoms with E-state index in [-0.39, 0.29) is 0 Å². The average molecular weight is 536 g/mol. The first-order chi connectivity index (χ1) is 9.96. The van der Waals surface area contributed by atoms with E-state index in [1.54, 1.807) is 0 Å². The molecular formula is C12H24O7Te2. The van der Waals surface area contributed by atoms with Gasteiger partial charge >= 0.3 is 125 Å². The van der Waals surface area contributed by atoms with Crippen molar-refractivity contribution in [2.24, 2.45) is 0 Å². The molecule has 9 heteroatoms. The molecule has 0 aliphatic carbocycles. The molecule has 0 aromatic carbocycles. The van der Waals surface area contributed by atoms with Gasteiger partial charge in [0.25, 0.3) is 0 Å². The second-order valence-electron chi connectivity index (χ2n) is 6.83. The number of hydrogen-bond acceptors (Lipinski definition) is 7. The molecule has 5 fully saturated rings. The van der Waals surface area contributed by atoms with E-state index in [2.05, 4.69) is 0 Å². The second-order valence-corrected chi connectivity index (χ2v) is 35.7. The predicted molar refractivity (Wildman–Crippen MR) is 76.3 cm³/mol. The third kappa shape index (κ3) is 1.44. The van der Waals surface area contributed by atoms with E-state index in [9.17, 15) is 0 Å². The summed E-state index contributed by atoms with van der Waals surface area (Å²) in [7, 11) is 0. The van der Waals surface area contributed by atoms with Gasteiger partial charge in [0.2, 0.25) is 0 Å². The molecule has 0 N–H and O–H groups in total. The van der Waals surface area contributed by atoms with Crippen LogP contribution in [0.2, 0.25) is 17.9 Å². The molecule has 5 aliphatic heterocycles. The topological polar surface area (TPSA) is 64.6 Å². The van der Waals surface area contributed by atoms with E-state index in [1.807, 2.05) is 0 Å². The van der Waals surface area contributed by atoms with Crippen molar-refractivity contribution in [3.63, 3.8) is 0 Å². The first-order valence-corrected chi connectivity index (χ1v) is 22.0. The maximum atomic E-state index is 6.98. The predicted octanol–water partition coefficient (Wildman–Crippen LogP) is 2.33. The Morgan fingerprint density at radius 1 is 0.476 bits per heavy atom. The van der Waals surface area contributed by atoms with Crippen LogP contribution in [0.15, 0.2) is 0 Å². The van der Waals surface area contributed by atoms with E-state index >= 15 is 0 Å². The summed E-state index contributed by atoms with van der Waals surface area (Å²) >= 11 is -10.1. The van der Waals surface area contributed by atoms with Crippen molar-refractivity contribution in [3.05, 3.63) is 0 Å². The standard InChI is InChI=1S/C12H24O7Te2/c1-5-13-20(9-1,10-2-6-14-20)17-18-21(19-20,11-3-7-15-21)12-4-8-16-21/h1-12H2. The van der Waals surface area contributed by atoms with Crippen LogP contribution in [0, 0.1) is 0 Å². The summed E-state index contributed by atoms with van der Waals surface area (Å²) in [5.74, 6) is 0. The monoisotopic (exact) mass is 540 g/mol. The zero-order chi connectivity index (χ0) is 14.3. The van der Waals surface area contributed by atoms with Crippen molar-refractivity contribution >= 4 is 34.2 Å². The second kappa shape index (κ2) is 3.47. The zero-order valence-electron chi connectivity index (χ0n) is 12.2. The van der Waals surface area contributed by atoms with Gasteiger partial charge in [-0.05, 0) is 0 Å². The normalized spacial score (nSPS) is 49.1. The molecule has 0 bridgehead atoms. The summed E-state index contributed by atoms with van der Waals surface area (Å²) in [4.78, 5) is 0. The van der Waals surface area contributed by atoms with Crippen molar-refractivity contribution < 1.29 is 20.4 Å². The van der Waals surface area contributed by atoms with Gasteiger partial charge in [-0.1, -0.05) is 0 Å². The average Bonchev–Trinajstić information content (AvgIpc) is 3.26. The summed E-state index contributed by atoms with van der Waals surface area (Å²) in [6.45, 7) is 2.44. The van der Waals surface area contributed by atoms with Crippen molar-refractivity contribution in [3.8, 4) is 0 Å². The molecule has 5 rings (SSSR count). The van der Waals surface area contributed by atoms with Gasteiger partial charge in [0.15, 0.2) is 0 Å². The van der Waals surface area contributed by atoms with Crippen LogP contribution in [0.5, 0.6) is 0 Å². The number of rotatable bonds is 0. The Balaban J connectivity index is 1.74. The van der Waals surface area contributed by atoms with Gasteiger partial charge in [-0.15, -0.1) is 0 Å². The molecule has 0 radical (unpaired) electrons. The Morgan fingerprint density at radius 3 is 1.05 bits per heavy atom. The van der Waals surface area contributed by atoms with Crippen LogP contribution >= 0.6 is 0 Å². The van der Waals surface area contributed by atoms with E-state index in [0.29, 0.717) is 44.3 Å². The molecule has 0 aromatic rings. The first-order valence-electron chi connectivity index (χ1n) is 7.81. The van der Waals surface area contributed by atoms with Gasteiger partial charge in [0.05, 0.1) is 0 Å². The molecule has 0 atom stereocenters. The van der Waals surface area contributed by atoms with Crippen LogP contribution in [0.25, 0.3) is 0 Å². The van der Waals surface area contributed by atoms with E-state index in [4.69, 9.17) is 20.4 Å². The quantitative estimate of drug-likeness (QED) is 0.349. The fourth-order valence-corrected chi connectivity index (χ4v) is 63.2. The zero-order valence-corrected chi connectivity index (χ0v) is 16.8. The third-order valence-electron chi connectivity index (χ3n) is 5.39. The Labute approximate surface area is 124 Å². The molecular weight excluding hydrogens is 511 g/mol. The van der Waals surface area contributed by atoms with Crippen LogP contribution in [0.1, 0.15) is 25.7 Å². The van der Waals surface area contributed by atoms with Gasteiger partial charge < -0.3 is 0 Å². The van der Waals surface area contributed by atoms with E-state index in [0.717, 1.165) is 25.7 Å². The third-order valence-corrected chi connectivity index (χ3v) is 47.7. The van der Waals surface area contributed by atoms with Gasteiger partial charge in [0, 0.05) is 0 Å². The van der Waals surface area contributed by atoms with Gasteiger partial charge in [0.1, 0.15) is 0 Å². The van der Waals surface area contributed by atoms with E-state index in [1.165, 1.54) is 0 Å². The van der Waals surface area contributed by atoms with Gasteiger partial charge in [-0.3, -0.25) is 0 Å². The molecule has 5 aliphatic rings. The fraction of sp³-hybridized carbons (Fsp3) is 1.00. The molecule has 5 saturated heterocycles. The molecule has 2 spiro atoms.